The second kappa shape index (κ2) is 6.30. The first kappa shape index (κ1) is 20.4. The van der Waals surface area contributed by atoms with Gasteiger partial charge in [0.25, 0.3) is 5.70 Å². The smallest absolute Gasteiger partial charge is 0.260 e. The lowest BCUT2D eigenvalue weighted by Gasteiger charge is -2.59. The Kier molecular flexibility index (Phi) is 4.42. The van der Waals surface area contributed by atoms with Crippen LogP contribution in [-0.2, 0) is 9.59 Å². The van der Waals surface area contributed by atoms with Crippen molar-refractivity contribution in [3.05, 3.63) is 33.5 Å². The molecule has 0 saturated heterocycles. The minimum atomic E-state index is -1.71. The van der Waals surface area contributed by atoms with E-state index in [1.165, 1.54) is 6.08 Å². The quantitative estimate of drug-likeness (QED) is 0.473. The molecule has 4 aliphatic carbocycles. The standard InChI is InChI=1S/C21H27NO7/c1-19-9-15(25)18-13(14(19)5-6-21(19,27)17(26)10-23)4-3-11-7-12(24)8-16(22(28)29)20(11,18)2/h7-8,13-15,18,23,25,27H,3-6,9-10H2,1-2H3/t13-,14-,15-,18+,19-,20+,21-/m0/s1. The first-order valence-corrected chi connectivity index (χ1v) is 10.2. The zero-order valence-electron chi connectivity index (χ0n) is 16.6. The van der Waals surface area contributed by atoms with Gasteiger partial charge in [-0.25, -0.2) is 0 Å². The van der Waals surface area contributed by atoms with E-state index in [1.54, 1.807) is 13.8 Å². The Morgan fingerprint density at radius 2 is 2.00 bits per heavy atom. The summed E-state index contributed by atoms with van der Waals surface area (Å²) >= 11 is 0. The van der Waals surface area contributed by atoms with Gasteiger partial charge < -0.3 is 15.3 Å². The molecule has 3 N–H and O–H groups in total. The molecule has 3 fully saturated rings. The Morgan fingerprint density at radius 3 is 2.62 bits per heavy atom. The molecule has 8 nitrogen and oxygen atoms in total. The SMILES string of the molecule is C[C@@]12C(=CC(=O)C=C1[N+](=O)[O-])CC[C@@H]1[C@@H]2[C@@H](O)C[C@@]2(C)[C@H]1CC[C@]2(O)C(=O)CO. The van der Waals surface area contributed by atoms with Gasteiger partial charge in [-0.15, -0.1) is 0 Å². The number of hydrogen-bond donors (Lipinski definition) is 3. The van der Waals surface area contributed by atoms with Crippen LogP contribution in [0.5, 0.6) is 0 Å². The molecule has 8 heteroatoms. The van der Waals surface area contributed by atoms with Crippen molar-refractivity contribution in [2.75, 3.05) is 6.61 Å². The van der Waals surface area contributed by atoms with E-state index in [-0.39, 0.29) is 30.4 Å². The summed E-state index contributed by atoms with van der Waals surface area (Å²) in [5.74, 6) is -1.76. The number of carbonyl (C=O) groups is 2. The third-order valence-electron chi connectivity index (χ3n) is 8.62. The minimum absolute atomic E-state index is 0.111. The molecule has 158 valence electrons. The maximum absolute atomic E-state index is 12.4. The van der Waals surface area contributed by atoms with Crippen molar-refractivity contribution in [3.8, 4) is 0 Å². The summed E-state index contributed by atoms with van der Waals surface area (Å²) in [5.41, 5.74) is -3.19. The maximum Gasteiger partial charge on any atom is 0.260 e. The van der Waals surface area contributed by atoms with Crippen molar-refractivity contribution in [2.45, 2.75) is 57.7 Å². The van der Waals surface area contributed by atoms with Crippen molar-refractivity contribution >= 4 is 11.6 Å². The molecule has 4 rings (SSSR count). The van der Waals surface area contributed by atoms with E-state index in [1.807, 2.05) is 0 Å². The van der Waals surface area contributed by atoms with Crippen LogP contribution in [0.1, 0.15) is 46.0 Å². The fraction of sp³-hybridized carbons (Fsp3) is 0.714. The molecular formula is C21H27NO7. The minimum Gasteiger partial charge on any atom is -0.393 e. The van der Waals surface area contributed by atoms with Crippen LogP contribution in [0.15, 0.2) is 23.4 Å². The van der Waals surface area contributed by atoms with E-state index in [2.05, 4.69) is 0 Å². The lowest BCUT2D eigenvalue weighted by atomic mass is 9.45. The number of rotatable bonds is 3. The van der Waals surface area contributed by atoms with Gasteiger partial charge in [-0.1, -0.05) is 6.92 Å². The highest BCUT2D eigenvalue weighted by Gasteiger charge is 2.69. The molecule has 0 bridgehead atoms. The number of carbonyl (C=O) groups excluding carboxylic acids is 2. The molecule has 0 aliphatic heterocycles. The summed E-state index contributed by atoms with van der Waals surface area (Å²) in [6.07, 6.45) is 3.55. The first-order valence-electron chi connectivity index (χ1n) is 10.2. The zero-order valence-corrected chi connectivity index (χ0v) is 16.6. The van der Waals surface area contributed by atoms with E-state index in [9.17, 15) is 35.0 Å². The van der Waals surface area contributed by atoms with Crippen molar-refractivity contribution < 1.29 is 29.8 Å². The van der Waals surface area contributed by atoms with Crippen LogP contribution in [0.25, 0.3) is 0 Å². The summed E-state index contributed by atoms with van der Waals surface area (Å²) in [6, 6.07) is 0. The van der Waals surface area contributed by atoms with Crippen LogP contribution < -0.4 is 0 Å². The molecule has 0 aromatic heterocycles. The van der Waals surface area contributed by atoms with Crippen LogP contribution in [0.2, 0.25) is 0 Å². The fourth-order valence-corrected chi connectivity index (χ4v) is 7.26. The molecular weight excluding hydrogens is 378 g/mol. The summed E-state index contributed by atoms with van der Waals surface area (Å²) in [4.78, 5) is 35.7. The summed E-state index contributed by atoms with van der Waals surface area (Å²) in [5, 5.41) is 43.6. The normalized spacial score (nSPS) is 46.2. The molecule has 0 radical (unpaired) electrons. The van der Waals surface area contributed by atoms with Crippen molar-refractivity contribution in [1.82, 2.24) is 0 Å². The average molecular weight is 405 g/mol. The van der Waals surface area contributed by atoms with E-state index in [0.717, 1.165) is 6.08 Å². The Bertz CT molecular complexity index is 863. The average Bonchev–Trinajstić information content (AvgIpc) is 2.92. The van der Waals surface area contributed by atoms with Crippen LogP contribution in [0.3, 0.4) is 0 Å². The maximum atomic E-state index is 12.4. The number of nitro groups is 1. The zero-order chi connectivity index (χ0) is 21.4. The predicted molar refractivity (Wildman–Crippen MR) is 101 cm³/mol. The highest BCUT2D eigenvalue weighted by molar-refractivity contribution is 6.01. The van der Waals surface area contributed by atoms with Gasteiger partial charge in [-0.3, -0.25) is 19.7 Å². The van der Waals surface area contributed by atoms with Crippen molar-refractivity contribution in [1.29, 1.82) is 0 Å². The van der Waals surface area contributed by atoms with E-state index in [4.69, 9.17) is 0 Å². The third-order valence-corrected chi connectivity index (χ3v) is 8.62. The predicted octanol–water partition coefficient (Wildman–Crippen LogP) is 1.16. The van der Waals surface area contributed by atoms with Crippen LogP contribution in [0, 0.1) is 38.7 Å². The van der Waals surface area contributed by atoms with Gasteiger partial charge in [0.2, 0.25) is 0 Å². The highest BCUT2D eigenvalue weighted by atomic mass is 16.6. The van der Waals surface area contributed by atoms with Crippen molar-refractivity contribution in [2.24, 2.45) is 28.6 Å². The number of hydrogen-bond acceptors (Lipinski definition) is 7. The van der Waals surface area contributed by atoms with Crippen LogP contribution in [-0.4, -0.2) is 50.1 Å². The molecule has 29 heavy (non-hydrogen) atoms. The Morgan fingerprint density at radius 1 is 1.31 bits per heavy atom. The summed E-state index contributed by atoms with van der Waals surface area (Å²) in [6.45, 7) is 2.77. The van der Waals surface area contributed by atoms with E-state index >= 15 is 0 Å². The van der Waals surface area contributed by atoms with Gasteiger partial charge in [0.1, 0.15) is 12.2 Å². The number of aliphatic hydroxyl groups is 3. The molecule has 0 unspecified atom stereocenters. The van der Waals surface area contributed by atoms with E-state index < -0.39 is 51.5 Å². The number of nitrogens with zero attached hydrogens (tertiary/aromatic N) is 1. The number of fused-ring (bicyclic) bond motifs is 5. The molecule has 3 saturated carbocycles. The molecule has 4 aliphatic rings. The second-order valence-corrected chi connectivity index (χ2v) is 9.56. The van der Waals surface area contributed by atoms with Gasteiger partial charge >= 0.3 is 0 Å². The molecule has 0 heterocycles. The molecule has 7 atom stereocenters. The van der Waals surface area contributed by atoms with Crippen molar-refractivity contribution in [3.63, 3.8) is 0 Å². The third kappa shape index (κ3) is 2.42. The Labute approximate surface area is 168 Å². The Balaban J connectivity index is 1.80. The number of allylic oxidation sites excluding steroid dienone is 3. The number of aliphatic hydroxyl groups excluding tert-OH is 2. The molecule has 0 amide bonds. The molecule has 0 aromatic carbocycles. The number of ketones is 2. The van der Waals surface area contributed by atoms with Crippen LogP contribution >= 0.6 is 0 Å². The topological polar surface area (TPSA) is 138 Å². The van der Waals surface area contributed by atoms with Gasteiger partial charge in [0, 0.05) is 11.3 Å². The largest absolute Gasteiger partial charge is 0.393 e. The monoisotopic (exact) mass is 405 g/mol. The summed E-state index contributed by atoms with van der Waals surface area (Å²) < 4.78 is 0. The van der Waals surface area contributed by atoms with E-state index in [0.29, 0.717) is 24.8 Å². The summed E-state index contributed by atoms with van der Waals surface area (Å²) in [7, 11) is 0. The molecule has 0 spiro atoms. The lowest BCUT2D eigenvalue weighted by molar-refractivity contribution is -0.443. The Hall–Kier alpha value is -1.90. The van der Waals surface area contributed by atoms with Crippen LogP contribution in [0.4, 0.5) is 0 Å². The fourth-order valence-electron chi connectivity index (χ4n) is 7.26. The van der Waals surface area contributed by atoms with Gasteiger partial charge in [-0.05, 0) is 62.5 Å². The van der Waals surface area contributed by atoms with Gasteiger partial charge in [0.05, 0.1) is 22.5 Å². The van der Waals surface area contributed by atoms with Gasteiger partial charge in [0.15, 0.2) is 11.6 Å². The molecule has 0 aromatic rings. The number of Topliss-reactive ketones (excluding diaryl/α,β-unsaturated/α-hetero) is 1. The highest BCUT2D eigenvalue weighted by Crippen LogP contribution is 2.68. The van der Waals surface area contributed by atoms with Gasteiger partial charge in [-0.2, -0.15) is 0 Å². The first-order chi connectivity index (χ1) is 13.5. The lowest BCUT2D eigenvalue weighted by Crippen LogP contribution is -2.62. The second-order valence-electron chi connectivity index (χ2n) is 9.56.